The first-order valence-corrected chi connectivity index (χ1v) is 10.1. The van der Waals surface area contributed by atoms with Gasteiger partial charge in [0.25, 0.3) is 0 Å². The second-order valence-electron chi connectivity index (χ2n) is 7.18. The molecule has 0 spiro atoms. The van der Waals surface area contributed by atoms with E-state index in [1.54, 1.807) is 30.3 Å². The molecule has 0 saturated heterocycles. The number of aliphatic hydroxyl groups is 1. The molecular weight excluding hydrogens is 384 g/mol. The minimum absolute atomic E-state index is 0.0453. The van der Waals surface area contributed by atoms with Crippen molar-refractivity contribution in [1.29, 1.82) is 0 Å². The third kappa shape index (κ3) is 8.76. The maximum absolute atomic E-state index is 12.0. The predicted molar refractivity (Wildman–Crippen MR) is 114 cm³/mol. The molecule has 1 aliphatic heterocycles. The van der Waals surface area contributed by atoms with Gasteiger partial charge in [0.05, 0.1) is 37.6 Å². The largest absolute Gasteiger partial charge is 0.466 e. The molecule has 6 nitrogen and oxygen atoms in total. The molecular formula is C24H30O6. The molecule has 0 unspecified atom stereocenters. The van der Waals surface area contributed by atoms with Gasteiger partial charge in [-0.3, -0.25) is 0 Å². The average molecular weight is 414 g/mol. The van der Waals surface area contributed by atoms with Crippen molar-refractivity contribution in [1.82, 2.24) is 0 Å². The van der Waals surface area contributed by atoms with Crippen molar-refractivity contribution in [2.45, 2.75) is 50.9 Å². The van der Waals surface area contributed by atoms with Gasteiger partial charge in [0.1, 0.15) is 0 Å². The van der Waals surface area contributed by atoms with E-state index in [0.29, 0.717) is 24.8 Å². The van der Waals surface area contributed by atoms with Gasteiger partial charge in [-0.1, -0.05) is 48.1 Å². The van der Waals surface area contributed by atoms with Crippen LogP contribution in [0.3, 0.4) is 0 Å². The Bertz CT molecular complexity index is 765. The second-order valence-corrected chi connectivity index (χ2v) is 7.18. The molecule has 1 heterocycles. The van der Waals surface area contributed by atoms with E-state index < -0.39 is 12.1 Å². The van der Waals surface area contributed by atoms with Crippen LogP contribution in [0.5, 0.6) is 0 Å². The fourth-order valence-corrected chi connectivity index (χ4v) is 3.01. The van der Waals surface area contributed by atoms with Crippen LogP contribution in [-0.2, 0) is 19.0 Å². The van der Waals surface area contributed by atoms with Gasteiger partial charge in [-0.25, -0.2) is 9.59 Å². The zero-order chi connectivity index (χ0) is 21.8. The van der Waals surface area contributed by atoms with E-state index in [9.17, 15) is 14.7 Å². The molecule has 3 atom stereocenters. The number of hydrogen-bond donors (Lipinski definition) is 1. The molecule has 0 aromatic heterocycles. The number of aliphatic hydroxyl groups excluding tert-OH is 1. The van der Waals surface area contributed by atoms with E-state index in [2.05, 4.69) is 4.74 Å². The number of esters is 2. The molecule has 2 rings (SSSR count). The number of hydrogen-bond acceptors (Lipinski definition) is 6. The van der Waals surface area contributed by atoms with E-state index in [0.717, 1.165) is 12.0 Å². The average Bonchev–Trinajstić information content (AvgIpc) is 2.76. The molecule has 1 N–H and O–H groups in total. The summed E-state index contributed by atoms with van der Waals surface area (Å²) >= 11 is 0. The fraction of sp³-hybridized carbons (Fsp3) is 0.417. The second kappa shape index (κ2) is 12.8. The van der Waals surface area contributed by atoms with Crippen LogP contribution < -0.4 is 0 Å². The first-order chi connectivity index (χ1) is 14.5. The van der Waals surface area contributed by atoms with Gasteiger partial charge in [0.2, 0.25) is 0 Å². The number of carbonyl (C=O) groups excluding carboxylic acids is 2. The van der Waals surface area contributed by atoms with Crippen molar-refractivity contribution in [2.75, 3.05) is 13.7 Å². The van der Waals surface area contributed by atoms with Gasteiger partial charge in [-0.2, -0.15) is 0 Å². The zero-order valence-electron chi connectivity index (χ0n) is 17.5. The third-order valence-corrected chi connectivity index (χ3v) is 4.70. The quantitative estimate of drug-likeness (QED) is 0.272. The summed E-state index contributed by atoms with van der Waals surface area (Å²) in [5.74, 6) is -0.748. The topological polar surface area (TPSA) is 82.1 Å². The van der Waals surface area contributed by atoms with Crippen LogP contribution in [0, 0.1) is 0 Å². The normalized spacial score (nSPS) is 20.2. The molecule has 30 heavy (non-hydrogen) atoms. The van der Waals surface area contributed by atoms with Gasteiger partial charge >= 0.3 is 11.9 Å². The smallest absolute Gasteiger partial charge is 0.338 e. The maximum atomic E-state index is 12.0. The number of carbonyl (C=O) groups is 2. The number of allylic oxidation sites excluding steroid dienone is 2. The van der Waals surface area contributed by atoms with Crippen LogP contribution in [0.15, 0.2) is 66.3 Å². The summed E-state index contributed by atoms with van der Waals surface area (Å²) < 4.78 is 15.9. The van der Waals surface area contributed by atoms with E-state index in [1.807, 2.05) is 31.2 Å². The van der Waals surface area contributed by atoms with Crippen molar-refractivity contribution >= 4 is 11.9 Å². The molecule has 0 amide bonds. The number of methoxy groups -OCH3 is 1. The lowest BCUT2D eigenvalue weighted by Crippen LogP contribution is -2.28. The monoisotopic (exact) mass is 414 g/mol. The summed E-state index contributed by atoms with van der Waals surface area (Å²) in [5, 5.41) is 10.3. The lowest BCUT2D eigenvalue weighted by atomic mass is 10.0. The Kier molecular flexibility index (Phi) is 10.0. The Morgan fingerprint density at radius 1 is 1.27 bits per heavy atom. The Balaban J connectivity index is 1.70. The van der Waals surface area contributed by atoms with Crippen molar-refractivity contribution in [3.8, 4) is 0 Å². The fourth-order valence-electron chi connectivity index (χ4n) is 3.01. The van der Waals surface area contributed by atoms with E-state index >= 15 is 0 Å². The van der Waals surface area contributed by atoms with Gasteiger partial charge < -0.3 is 19.3 Å². The third-order valence-electron chi connectivity index (χ3n) is 4.70. The lowest BCUT2D eigenvalue weighted by molar-refractivity contribution is -0.134. The van der Waals surface area contributed by atoms with E-state index in [1.165, 1.54) is 13.2 Å². The Morgan fingerprint density at radius 2 is 2.03 bits per heavy atom. The Labute approximate surface area is 177 Å². The molecule has 1 aromatic rings. The highest BCUT2D eigenvalue weighted by molar-refractivity contribution is 5.89. The predicted octanol–water partition coefficient (Wildman–Crippen LogP) is 3.76. The van der Waals surface area contributed by atoms with Crippen LogP contribution in [0.2, 0.25) is 0 Å². The summed E-state index contributed by atoms with van der Waals surface area (Å²) in [5.41, 5.74) is 1.41. The molecule has 0 radical (unpaired) electrons. The van der Waals surface area contributed by atoms with Gasteiger partial charge in [0.15, 0.2) is 0 Å². The van der Waals surface area contributed by atoms with Gasteiger partial charge in [0, 0.05) is 18.9 Å². The summed E-state index contributed by atoms with van der Waals surface area (Å²) in [6, 6.07) is 8.90. The van der Waals surface area contributed by atoms with Crippen LogP contribution in [0.25, 0.3) is 0 Å². The molecule has 162 valence electrons. The molecule has 1 aliphatic rings. The molecule has 1 aromatic carbocycles. The van der Waals surface area contributed by atoms with Crippen molar-refractivity contribution < 1.29 is 28.9 Å². The highest BCUT2D eigenvalue weighted by Gasteiger charge is 2.21. The lowest BCUT2D eigenvalue weighted by Gasteiger charge is -2.27. The SMILES string of the molecule is COC(=O)/C=C/C(C)=C/C[C@H](O)C[C@@H]1C=CC[C@@H](CCOC(=O)c2ccccc2)O1. The van der Waals surface area contributed by atoms with Gasteiger partial charge in [-0.15, -0.1) is 0 Å². The first kappa shape index (κ1) is 23.6. The standard InChI is InChI=1S/C24H30O6/c1-18(12-14-23(26)28-2)11-13-20(25)17-22-10-6-9-21(30-22)15-16-29-24(27)19-7-4-3-5-8-19/h3-8,10-12,14,20-22,25H,9,13,15-17H2,1-2H3/b14-12+,18-11+/t20-,21-,22-/m0/s1. The molecule has 0 saturated carbocycles. The van der Waals surface area contributed by atoms with Crippen molar-refractivity contribution in [2.24, 2.45) is 0 Å². The minimum Gasteiger partial charge on any atom is -0.466 e. The molecule has 6 heteroatoms. The highest BCUT2D eigenvalue weighted by Crippen LogP contribution is 2.20. The zero-order valence-corrected chi connectivity index (χ0v) is 17.5. The number of rotatable bonds is 10. The minimum atomic E-state index is -0.559. The van der Waals surface area contributed by atoms with Crippen molar-refractivity contribution in [3.63, 3.8) is 0 Å². The summed E-state index contributed by atoms with van der Waals surface area (Å²) in [6.45, 7) is 2.14. The van der Waals surface area contributed by atoms with Gasteiger partial charge in [-0.05, 0) is 31.9 Å². The van der Waals surface area contributed by atoms with Crippen LogP contribution in [0.1, 0.15) is 43.0 Å². The van der Waals surface area contributed by atoms with E-state index in [-0.39, 0.29) is 24.8 Å². The summed E-state index contributed by atoms with van der Waals surface area (Å²) in [7, 11) is 1.33. The summed E-state index contributed by atoms with van der Waals surface area (Å²) in [6.07, 6.45) is 10.4. The van der Waals surface area contributed by atoms with Crippen molar-refractivity contribution in [3.05, 3.63) is 71.8 Å². The molecule has 0 aliphatic carbocycles. The van der Waals surface area contributed by atoms with E-state index in [4.69, 9.17) is 9.47 Å². The first-order valence-electron chi connectivity index (χ1n) is 10.1. The van der Waals surface area contributed by atoms with Crippen LogP contribution in [-0.4, -0.2) is 49.1 Å². The summed E-state index contributed by atoms with van der Waals surface area (Å²) in [4.78, 5) is 23.1. The van der Waals surface area contributed by atoms with Crippen LogP contribution >= 0.6 is 0 Å². The van der Waals surface area contributed by atoms with Crippen LogP contribution in [0.4, 0.5) is 0 Å². The molecule has 0 fully saturated rings. The maximum Gasteiger partial charge on any atom is 0.338 e. The number of ether oxygens (including phenoxy) is 3. The Morgan fingerprint density at radius 3 is 2.77 bits per heavy atom. The Hall–Kier alpha value is -2.70. The number of benzene rings is 1. The molecule has 0 bridgehead atoms. The highest BCUT2D eigenvalue weighted by atomic mass is 16.5.